The maximum atomic E-state index is 12.9. The lowest BCUT2D eigenvalue weighted by Crippen LogP contribution is -2.19. The maximum absolute atomic E-state index is 12.9. The first kappa shape index (κ1) is 17.8. The van der Waals surface area contributed by atoms with Crippen molar-refractivity contribution in [3.05, 3.63) is 64.4 Å². The number of benzene rings is 2. The first-order valence-corrected chi connectivity index (χ1v) is 8.68. The summed E-state index contributed by atoms with van der Waals surface area (Å²) in [5, 5.41) is 14.1. The van der Waals surface area contributed by atoms with E-state index < -0.39 is 6.03 Å². The standard InChI is InChI=1S/C18H17FN4O2S/c1-11-4-3-5-15(12(11)2)25-10-16-22-23-18(26-16)21-17(24)20-14-8-6-13(19)7-9-14/h3-9H,10H2,1-2H3,(H2,20,21,23,24). The molecule has 6 nitrogen and oxygen atoms in total. The molecule has 1 heterocycles. The van der Waals surface area contributed by atoms with Gasteiger partial charge in [0.2, 0.25) is 5.13 Å². The van der Waals surface area contributed by atoms with Gasteiger partial charge in [-0.1, -0.05) is 23.5 Å². The summed E-state index contributed by atoms with van der Waals surface area (Å²) < 4.78 is 18.6. The number of halogens is 1. The number of carbonyl (C=O) groups excluding carboxylic acids is 1. The third-order valence-electron chi connectivity index (χ3n) is 3.70. The van der Waals surface area contributed by atoms with Crippen LogP contribution in [-0.2, 0) is 6.61 Å². The summed E-state index contributed by atoms with van der Waals surface area (Å²) >= 11 is 1.22. The zero-order chi connectivity index (χ0) is 18.5. The van der Waals surface area contributed by atoms with Gasteiger partial charge >= 0.3 is 6.03 Å². The lowest BCUT2D eigenvalue weighted by atomic mass is 10.1. The van der Waals surface area contributed by atoms with Crippen LogP contribution in [0, 0.1) is 19.7 Å². The van der Waals surface area contributed by atoms with Crippen molar-refractivity contribution in [1.82, 2.24) is 10.2 Å². The number of urea groups is 1. The molecule has 0 aliphatic heterocycles. The molecule has 0 aliphatic carbocycles. The van der Waals surface area contributed by atoms with Gasteiger partial charge < -0.3 is 10.1 Å². The Morgan fingerprint density at radius 3 is 2.65 bits per heavy atom. The van der Waals surface area contributed by atoms with Crippen LogP contribution in [0.4, 0.5) is 20.0 Å². The average molecular weight is 372 g/mol. The molecule has 0 unspecified atom stereocenters. The highest BCUT2D eigenvalue weighted by Crippen LogP contribution is 2.23. The van der Waals surface area contributed by atoms with Gasteiger partial charge in [0.05, 0.1) is 0 Å². The first-order chi connectivity index (χ1) is 12.5. The Bertz CT molecular complexity index is 912. The van der Waals surface area contributed by atoms with E-state index in [-0.39, 0.29) is 12.4 Å². The molecule has 3 rings (SSSR count). The lowest BCUT2D eigenvalue weighted by molar-refractivity contribution is 0.262. The number of nitrogens with one attached hydrogen (secondary N) is 2. The summed E-state index contributed by atoms with van der Waals surface area (Å²) in [7, 11) is 0. The third kappa shape index (κ3) is 4.54. The second-order valence-electron chi connectivity index (χ2n) is 5.57. The number of carbonyl (C=O) groups is 1. The van der Waals surface area contributed by atoms with E-state index in [0.717, 1.165) is 16.9 Å². The Morgan fingerprint density at radius 1 is 1.12 bits per heavy atom. The van der Waals surface area contributed by atoms with Crippen molar-refractivity contribution in [3.63, 3.8) is 0 Å². The predicted octanol–water partition coefficient (Wildman–Crippen LogP) is 4.52. The lowest BCUT2D eigenvalue weighted by Gasteiger charge is -2.09. The van der Waals surface area contributed by atoms with Crippen LogP contribution in [0.15, 0.2) is 42.5 Å². The summed E-state index contributed by atoms with van der Waals surface area (Å²) in [6, 6.07) is 10.9. The van der Waals surface area contributed by atoms with Crippen LogP contribution < -0.4 is 15.4 Å². The highest BCUT2D eigenvalue weighted by atomic mass is 32.1. The van der Waals surface area contributed by atoms with Crippen LogP contribution in [0.1, 0.15) is 16.1 Å². The molecular formula is C18H17FN4O2S. The number of aryl methyl sites for hydroxylation is 1. The Hall–Kier alpha value is -3.00. The Kier molecular flexibility index (Phi) is 5.43. The minimum absolute atomic E-state index is 0.267. The number of aromatic nitrogens is 2. The van der Waals surface area contributed by atoms with Crippen molar-refractivity contribution in [1.29, 1.82) is 0 Å². The molecule has 8 heteroatoms. The molecule has 0 bridgehead atoms. The number of nitrogens with zero attached hydrogens (tertiary/aromatic N) is 2. The summed E-state index contributed by atoms with van der Waals surface area (Å²) in [5.41, 5.74) is 2.71. The highest BCUT2D eigenvalue weighted by Gasteiger charge is 2.10. The number of ether oxygens (including phenoxy) is 1. The number of hydrogen-bond donors (Lipinski definition) is 2. The molecule has 0 aliphatic rings. The van der Waals surface area contributed by atoms with Crippen molar-refractivity contribution in [2.75, 3.05) is 10.6 Å². The van der Waals surface area contributed by atoms with E-state index in [4.69, 9.17) is 4.74 Å². The molecule has 2 N–H and O–H groups in total. The van der Waals surface area contributed by atoms with Gasteiger partial charge in [0.15, 0.2) is 5.01 Å². The van der Waals surface area contributed by atoms with E-state index in [9.17, 15) is 9.18 Å². The van der Waals surface area contributed by atoms with Crippen molar-refractivity contribution < 1.29 is 13.9 Å². The number of rotatable bonds is 5. The van der Waals surface area contributed by atoms with Gasteiger partial charge in [0.1, 0.15) is 18.2 Å². The molecule has 3 aromatic rings. The largest absolute Gasteiger partial charge is 0.486 e. The van der Waals surface area contributed by atoms with E-state index in [1.54, 1.807) is 0 Å². The fourth-order valence-corrected chi connectivity index (χ4v) is 2.82. The number of anilines is 2. The number of hydrogen-bond acceptors (Lipinski definition) is 5. The molecule has 0 saturated carbocycles. The topological polar surface area (TPSA) is 76.1 Å². The fraction of sp³-hybridized carbons (Fsp3) is 0.167. The molecule has 1 aromatic heterocycles. The highest BCUT2D eigenvalue weighted by molar-refractivity contribution is 7.15. The molecule has 134 valence electrons. The van der Waals surface area contributed by atoms with Crippen LogP contribution in [0.3, 0.4) is 0 Å². The van der Waals surface area contributed by atoms with Gasteiger partial charge in [0, 0.05) is 5.69 Å². The van der Waals surface area contributed by atoms with Gasteiger partial charge in [-0.2, -0.15) is 0 Å². The van der Waals surface area contributed by atoms with Crippen molar-refractivity contribution in [3.8, 4) is 5.75 Å². The average Bonchev–Trinajstić information content (AvgIpc) is 3.05. The minimum Gasteiger partial charge on any atom is -0.486 e. The van der Waals surface area contributed by atoms with Crippen molar-refractivity contribution in [2.45, 2.75) is 20.5 Å². The molecule has 2 amide bonds. The van der Waals surface area contributed by atoms with E-state index in [1.807, 2.05) is 32.0 Å². The molecule has 0 spiro atoms. The van der Waals surface area contributed by atoms with E-state index in [0.29, 0.717) is 15.8 Å². The Labute approximate surface area is 154 Å². The van der Waals surface area contributed by atoms with E-state index in [1.165, 1.54) is 35.6 Å². The molecule has 0 saturated heterocycles. The van der Waals surface area contributed by atoms with Gasteiger partial charge in [-0.15, -0.1) is 10.2 Å². The van der Waals surface area contributed by atoms with Crippen LogP contribution >= 0.6 is 11.3 Å². The SMILES string of the molecule is Cc1cccc(OCc2nnc(NC(=O)Nc3ccc(F)cc3)s2)c1C. The summed E-state index contributed by atoms with van der Waals surface area (Å²) in [6.07, 6.45) is 0. The molecule has 0 atom stereocenters. The molecule has 2 aromatic carbocycles. The second kappa shape index (κ2) is 7.92. The van der Waals surface area contributed by atoms with Gasteiger partial charge in [0.25, 0.3) is 0 Å². The Morgan fingerprint density at radius 2 is 1.88 bits per heavy atom. The molecular weight excluding hydrogens is 355 g/mol. The molecule has 26 heavy (non-hydrogen) atoms. The van der Waals surface area contributed by atoms with Crippen molar-refractivity contribution >= 4 is 28.2 Å². The van der Waals surface area contributed by atoms with E-state index >= 15 is 0 Å². The zero-order valence-corrected chi connectivity index (χ0v) is 15.1. The summed E-state index contributed by atoms with van der Waals surface area (Å²) in [6.45, 7) is 4.29. The molecule has 0 radical (unpaired) electrons. The van der Waals surface area contributed by atoms with Crippen LogP contribution in [0.5, 0.6) is 5.75 Å². The number of amides is 2. The Balaban J connectivity index is 1.55. The maximum Gasteiger partial charge on any atom is 0.325 e. The summed E-state index contributed by atoms with van der Waals surface area (Å²) in [4.78, 5) is 11.9. The van der Waals surface area contributed by atoms with Crippen molar-refractivity contribution in [2.24, 2.45) is 0 Å². The second-order valence-corrected chi connectivity index (χ2v) is 6.64. The monoisotopic (exact) mass is 372 g/mol. The minimum atomic E-state index is -0.477. The van der Waals surface area contributed by atoms with Crippen LogP contribution in [0.25, 0.3) is 0 Å². The zero-order valence-electron chi connectivity index (χ0n) is 14.2. The van der Waals surface area contributed by atoms with Gasteiger partial charge in [-0.25, -0.2) is 9.18 Å². The van der Waals surface area contributed by atoms with Gasteiger partial charge in [-0.3, -0.25) is 5.32 Å². The van der Waals surface area contributed by atoms with Crippen LogP contribution in [0.2, 0.25) is 0 Å². The quantitative estimate of drug-likeness (QED) is 0.690. The first-order valence-electron chi connectivity index (χ1n) is 7.86. The van der Waals surface area contributed by atoms with E-state index in [2.05, 4.69) is 20.8 Å². The third-order valence-corrected chi connectivity index (χ3v) is 4.51. The fourth-order valence-electron chi connectivity index (χ4n) is 2.18. The summed E-state index contributed by atoms with van der Waals surface area (Å²) in [5.74, 6) is 0.428. The normalized spacial score (nSPS) is 10.4. The van der Waals surface area contributed by atoms with Gasteiger partial charge in [-0.05, 0) is 55.3 Å². The molecule has 0 fully saturated rings. The van der Waals surface area contributed by atoms with Crippen LogP contribution in [-0.4, -0.2) is 16.2 Å². The predicted molar refractivity (Wildman–Crippen MR) is 99.2 cm³/mol. The smallest absolute Gasteiger partial charge is 0.325 e.